The highest BCUT2D eigenvalue weighted by molar-refractivity contribution is 6.09. The number of hydrogen-bond donors (Lipinski definition) is 1. The number of rotatable bonds is 4. The van der Waals surface area contributed by atoms with Crippen molar-refractivity contribution < 1.29 is 23.5 Å². The summed E-state index contributed by atoms with van der Waals surface area (Å²) >= 11 is 0. The molecule has 0 aromatic heterocycles. The van der Waals surface area contributed by atoms with Crippen molar-refractivity contribution in [3.8, 4) is 5.75 Å². The average Bonchev–Trinajstić information content (AvgIpc) is 2.97. The van der Waals surface area contributed by atoms with Gasteiger partial charge in [-0.3, -0.25) is 14.5 Å². The SMILES string of the molecule is C[C@@H]1CCCC[C@@]12NC(=O)N(CC(=O)N1CCC(Oc3ccccc3F)CC1)C2=O. The average molecular weight is 417 g/mol. The van der Waals surface area contributed by atoms with Crippen LogP contribution < -0.4 is 10.1 Å². The summed E-state index contributed by atoms with van der Waals surface area (Å²) in [5.74, 6) is -0.641. The van der Waals surface area contributed by atoms with Gasteiger partial charge in [0.05, 0.1) is 0 Å². The monoisotopic (exact) mass is 417 g/mol. The molecule has 4 rings (SSSR count). The first kappa shape index (κ1) is 20.6. The summed E-state index contributed by atoms with van der Waals surface area (Å²) in [6.07, 6.45) is 4.44. The van der Waals surface area contributed by atoms with E-state index < -0.39 is 17.4 Å². The number of imide groups is 1. The van der Waals surface area contributed by atoms with Crippen molar-refractivity contribution in [2.75, 3.05) is 19.6 Å². The zero-order chi connectivity index (χ0) is 21.3. The molecule has 1 spiro atoms. The molecule has 2 aliphatic heterocycles. The molecule has 0 radical (unpaired) electrons. The van der Waals surface area contributed by atoms with Crippen molar-refractivity contribution in [3.63, 3.8) is 0 Å². The third-order valence-electron chi connectivity index (χ3n) is 6.72. The molecule has 2 saturated heterocycles. The van der Waals surface area contributed by atoms with Gasteiger partial charge in [-0.2, -0.15) is 0 Å². The lowest BCUT2D eigenvalue weighted by Crippen LogP contribution is -2.54. The number of carbonyl (C=O) groups is 3. The number of benzene rings is 1. The number of halogens is 1. The summed E-state index contributed by atoms with van der Waals surface area (Å²) in [6, 6.07) is 5.80. The van der Waals surface area contributed by atoms with E-state index in [4.69, 9.17) is 4.74 Å². The lowest BCUT2D eigenvalue weighted by Gasteiger charge is -2.37. The van der Waals surface area contributed by atoms with Crippen LogP contribution in [-0.4, -0.2) is 58.9 Å². The van der Waals surface area contributed by atoms with Gasteiger partial charge in [0.2, 0.25) is 5.91 Å². The number of nitrogens with one attached hydrogen (secondary N) is 1. The minimum atomic E-state index is -0.851. The molecule has 7 nitrogen and oxygen atoms in total. The second-order valence-corrected chi connectivity index (χ2v) is 8.57. The fraction of sp³-hybridized carbons (Fsp3) is 0.591. The predicted molar refractivity (Wildman–Crippen MR) is 107 cm³/mol. The fourth-order valence-electron chi connectivity index (χ4n) is 4.82. The Hall–Kier alpha value is -2.64. The smallest absolute Gasteiger partial charge is 0.325 e. The van der Waals surface area contributed by atoms with E-state index in [1.165, 1.54) is 6.07 Å². The Kier molecular flexibility index (Phi) is 5.66. The summed E-state index contributed by atoms with van der Waals surface area (Å²) in [5.41, 5.74) is -0.851. The van der Waals surface area contributed by atoms with E-state index in [0.717, 1.165) is 24.2 Å². The minimum Gasteiger partial charge on any atom is -0.487 e. The zero-order valence-corrected chi connectivity index (χ0v) is 17.2. The van der Waals surface area contributed by atoms with Crippen LogP contribution in [0, 0.1) is 11.7 Å². The van der Waals surface area contributed by atoms with Gasteiger partial charge in [0.15, 0.2) is 11.6 Å². The first-order valence-corrected chi connectivity index (χ1v) is 10.7. The van der Waals surface area contributed by atoms with Crippen LogP contribution >= 0.6 is 0 Å². The number of urea groups is 1. The molecule has 1 aliphatic carbocycles. The van der Waals surface area contributed by atoms with E-state index in [1.807, 2.05) is 6.92 Å². The molecular weight excluding hydrogens is 389 g/mol. The molecule has 2 atom stereocenters. The summed E-state index contributed by atoms with van der Waals surface area (Å²) in [5, 5.41) is 2.88. The van der Waals surface area contributed by atoms with E-state index in [-0.39, 0.29) is 36.1 Å². The van der Waals surface area contributed by atoms with E-state index in [0.29, 0.717) is 32.4 Å². The van der Waals surface area contributed by atoms with Crippen molar-refractivity contribution in [2.45, 2.75) is 57.1 Å². The number of para-hydroxylation sites is 1. The third kappa shape index (κ3) is 3.75. The highest BCUT2D eigenvalue weighted by Gasteiger charge is 2.55. The Morgan fingerprint density at radius 3 is 2.63 bits per heavy atom. The Morgan fingerprint density at radius 2 is 1.93 bits per heavy atom. The van der Waals surface area contributed by atoms with Crippen molar-refractivity contribution in [1.29, 1.82) is 0 Å². The van der Waals surface area contributed by atoms with Crippen LogP contribution in [0.2, 0.25) is 0 Å². The Morgan fingerprint density at radius 1 is 1.20 bits per heavy atom. The molecule has 0 bridgehead atoms. The molecule has 3 fully saturated rings. The number of hydrogen-bond acceptors (Lipinski definition) is 4. The summed E-state index contributed by atoms with van der Waals surface area (Å²) in [7, 11) is 0. The molecule has 1 saturated carbocycles. The lowest BCUT2D eigenvalue weighted by atomic mass is 9.73. The number of carbonyl (C=O) groups excluding carboxylic acids is 3. The second kappa shape index (κ2) is 8.24. The molecule has 30 heavy (non-hydrogen) atoms. The maximum absolute atomic E-state index is 13.8. The van der Waals surface area contributed by atoms with Crippen LogP contribution in [0.25, 0.3) is 0 Å². The van der Waals surface area contributed by atoms with Gasteiger partial charge in [-0.1, -0.05) is 31.9 Å². The number of piperidine rings is 1. The number of amides is 4. The van der Waals surface area contributed by atoms with E-state index in [2.05, 4.69) is 5.32 Å². The minimum absolute atomic E-state index is 0.0640. The van der Waals surface area contributed by atoms with Crippen LogP contribution in [0.5, 0.6) is 5.75 Å². The van der Waals surface area contributed by atoms with E-state index in [1.54, 1.807) is 23.1 Å². The van der Waals surface area contributed by atoms with Gasteiger partial charge in [0.25, 0.3) is 5.91 Å². The van der Waals surface area contributed by atoms with Gasteiger partial charge >= 0.3 is 6.03 Å². The van der Waals surface area contributed by atoms with Crippen LogP contribution in [0.15, 0.2) is 24.3 Å². The van der Waals surface area contributed by atoms with E-state index >= 15 is 0 Å². The van der Waals surface area contributed by atoms with Crippen molar-refractivity contribution in [1.82, 2.24) is 15.1 Å². The summed E-state index contributed by atoms with van der Waals surface area (Å²) in [6.45, 7) is 2.65. The van der Waals surface area contributed by atoms with Gasteiger partial charge in [-0.15, -0.1) is 0 Å². The van der Waals surface area contributed by atoms with Crippen molar-refractivity contribution >= 4 is 17.8 Å². The lowest BCUT2D eigenvalue weighted by molar-refractivity contribution is -0.141. The summed E-state index contributed by atoms with van der Waals surface area (Å²) < 4.78 is 19.5. The molecule has 1 aromatic rings. The maximum Gasteiger partial charge on any atom is 0.325 e. The quantitative estimate of drug-likeness (QED) is 0.764. The molecule has 1 N–H and O–H groups in total. The first-order chi connectivity index (χ1) is 14.4. The molecular formula is C22H28FN3O4. The predicted octanol–water partition coefficient (Wildman–Crippen LogP) is 2.70. The van der Waals surface area contributed by atoms with Crippen LogP contribution in [0.1, 0.15) is 45.4 Å². The number of ether oxygens (including phenoxy) is 1. The standard InChI is InChI=1S/C22H28FN3O4/c1-15-6-4-5-11-22(15)20(28)26(21(29)24-22)14-19(27)25-12-9-16(10-13-25)30-18-8-3-2-7-17(18)23/h2-3,7-8,15-16H,4-6,9-14H2,1H3,(H,24,29)/t15-,22-/m1/s1. The first-order valence-electron chi connectivity index (χ1n) is 10.7. The highest BCUT2D eigenvalue weighted by atomic mass is 19.1. The van der Waals surface area contributed by atoms with Crippen molar-refractivity contribution in [2.24, 2.45) is 5.92 Å². The maximum atomic E-state index is 13.8. The number of nitrogens with zero attached hydrogens (tertiary/aromatic N) is 2. The molecule has 8 heteroatoms. The zero-order valence-electron chi connectivity index (χ0n) is 17.2. The van der Waals surface area contributed by atoms with Crippen LogP contribution in [0.4, 0.5) is 9.18 Å². The molecule has 0 unspecified atom stereocenters. The normalized spacial score (nSPS) is 27.5. The van der Waals surface area contributed by atoms with Gasteiger partial charge in [-0.25, -0.2) is 9.18 Å². The molecule has 4 amide bonds. The summed E-state index contributed by atoms with van der Waals surface area (Å²) in [4.78, 5) is 41.0. The van der Waals surface area contributed by atoms with Crippen LogP contribution in [0.3, 0.4) is 0 Å². The topological polar surface area (TPSA) is 79.0 Å². The fourth-order valence-corrected chi connectivity index (χ4v) is 4.82. The number of likely N-dealkylation sites (tertiary alicyclic amines) is 1. The highest BCUT2D eigenvalue weighted by Crippen LogP contribution is 2.38. The Labute approximate surface area is 175 Å². The van der Waals surface area contributed by atoms with Gasteiger partial charge in [0, 0.05) is 25.9 Å². The van der Waals surface area contributed by atoms with Crippen molar-refractivity contribution in [3.05, 3.63) is 30.1 Å². The van der Waals surface area contributed by atoms with Gasteiger partial charge < -0.3 is 15.0 Å². The molecule has 2 heterocycles. The Balaban J connectivity index is 1.32. The van der Waals surface area contributed by atoms with E-state index in [9.17, 15) is 18.8 Å². The molecule has 3 aliphatic rings. The molecule has 162 valence electrons. The van der Waals surface area contributed by atoms with Gasteiger partial charge in [-0.05, 0) is 30.9 Å². The largest absolute Gasteiger partial charge is 0.487 e. The third-order valence-corrected chi connectivity index (χ3v) is 6.72. The second-order valence-electron chi connectivity index (χ2n) is 8.57. The van der Waals surface area contributed by atoms with Gasteiger partial charge in [0.1, 0.15) is 18.2 Å². The molecule has 1 aromatic carbocycles. The van der Waals surface area contributed by atoms with Crippen LogP contribution in [-0.2, 0) is 9.59 Å². The Bertz CT molecular complexity index is 839.